The van der Waals surface area contributed by atoms with Crippen molar-refractivity contribution in [1.29, 1.82) is 0 Å². The lowest BCUT2D eigenvalue weighted by Gasteiger charge is -2.29. The molecule has 1 aliphatic heterocycles. The summed E-state index contributed by atoms with van der Waals surface area (Å²) in [6, 6.07) is 0.492. The van der Waals surface area contributed by atoms with Crippen molar-refractivity contribution in [3.63, 3.8) is 0 Å². The summed E-state index contributed by atoms with van der Waals surface area (Å²) in [5.41, 5.74) is 3.05. The first-order valence-corrected chi connectivity index (χ1v) is 6.90. The zero-order valence-corrected chi connectivity index (χ0v) is 10.0. The highest BCUT2D eigenvalue weighted by Gasteiger charge is 2.41. The van der Waals surface area contributed by atoms with Crippen LogP contribution in [-0.4, -0.2) is 19.3 Å². The molecular weight excluding hydrogens is 200 g/mol. The third kappa shape index (κ3) is 2.01. The molecule has 3 rings (SSSR count). The normalized spacial score (nSPS) is 44.1. The number of fused-ring (bicyclic) bond motifs is 2. The summed E-state index contributed by atoms with van der Waals surface area (Å²) in [5, 5.41) is 0. The van der Waals surface area contributed by atoms with Crippen LogP contribution in [0.25, 0.3) is 0 Å². The van der Waals surface area contributed by atoms with Gasteiger partial charge in [0, 0.05) is 18.6 Å². The molecule has 0 aromatic heterocycles. The minimum absolute atomic E-state index is 0.492. The highest BCUT2D eigenvalue weighted by Crippen LogP contribution is 2.50. The highest BCUT2D eigenvalue weighted by atomic mass is 16.5. The van der Waals surface area contributed by atoms with Gasteiger partial charge in [0.1, 0.15) is 0 Å². The number of hydrazine groups is 1. The Morgan fingerprint density at radius 1 is 1.25 bits per heavy atom. The van der Waals surface area contributed by atoms with Crippen molar-refractivity contribution in [2.24, 2.45) is 29.5 Å². The monoisotopic (exact) mass is 224 g/mol. The predicted octanol–water partition coefficient (Wildman–Crippen LogP) is 1.68. The maximum Gasteiger partial charge on any atom is 0.0510 e. The van der Waals surface area contributed by atoms with Gasteiger partial charge in [-0.1, -0.05) is 6.42 Å². The standard InChI is InChI=1S/C13H24N2O/c14-15-13(11-3-4-16-8-11)7-12-6-9-1-2-10(12)5-9/h9-13,15H,1-8,14H2. The molecule has 5 unspecified atom stereocenters. The van der Waals surface area contributed by atoms with E-state index in [4.69, 9.17) is 10.6 Å². The second-order valence-corrected chi connectivity index (χ2v) is 6.07. The second kappa shape index (κ2) is 4.63. The summed E-state index contributed by atoms with van der Waals surface area (Å²) < 4.78 is 5.47. The molecule has 0 aromatic rings. The van der Waals surface area contributed by atoms with Crippen LogP contribution in [0, 0.1) is 23.7 Å². The third-order valence-electron chi connectivity index (χ3n) is 5.19. The van der Waals surface area contributed by atoms with E-state index >= 15 is 0 Å². The highest BCUT2D eigenvalue weighted by molar-refractivity contribution is 4.92. The van der Waals surface area contributed by atoms with Crippen LogP contribution < -0.4 is 11.3 Å². The van der Waals surface area contributed by atoms with Gasteiger partial charge < -0.3 is 4.74 Å². The van der Waals surface area contributed by atoms with Gasteiger partial charge in [-0.05, 0) is 49.9 Å². The molecule has 16 heavy (non-hydrogen) atoms. The molecule has 2 bridgehead atoms. The van der Waals surface area contributed by atoms with Crippen molar-refractivity contribution >= 4 is 0 Å². The van der Waals surface area contributed by atoms with Crippen molar-refractivity contribution in [3.05, 3.63) is 0 Å². The molecule has 2 aliphatic carbocycles. The van der Waals surface area contributed by atoms with Crippen LogP contribution in [0.5, 0.6) is 0 Å². The van der Waals surface area contributed by atoms with Crippen molar-refractivity contribution in [3.8, 4) is 0 Å². The smallest absolute Gasteiger partial charge is 0.0510 e. The van der Waals surface area contributed by atoms with Gasteiger partial charge >= 0.3 is 0 Å². The molecule has 3 fully saturated rings. The second-order valence-electron chi connectivity index (χ2n) is 6.07. The van der Waals surface area contributed by atoms with E-state index in [1.54, 1.807) is 0 Å². The Bertz CT molecular complexity index is 240. The van der Waals surface area contributed by atoms with Gasteiger partial charge in [0.25, 0.3) is 0 Å². The van der Waals surface area contributed by atoms with Crippen LogP contribution in [-0.2, 0) is 4.74 Å². The lowest BCUT2D eigenvalue weighted by molar-refractivity contribution is 0.166. The molecule has 0 radical (unpaired) electrons. The fraction of sp³-hybridized carbons (Fsp3) is 1.00. The maximum atomic E-state index is 5.72. The minimum Gasteiger partial charge on any atom is -0.381 e. The van der Waals surface area contributed by atoms with Gasteiger partial charge in [-0.3, -0.25) is 11.3 Å². The number of hydrogen-bond acceptors (Lipinski definition) is 3. The Balaban J connectivity index is 1.55. The molecule has 0 aromatic carbocycles. The summed E-state index contributed by atoms with van der Waals surface area (Å²) in [4.78, 5) is 0. The molecule has 3 heteroatoms. The zero-order chi connectivity index (χ0) is 11.0. The van der Waals surface area contributed by atoms with E-state index < -0.39 is 0 Å². The molecule has 0 amide bonds. The number of nitrogens with two attached hydrogens (primary N) is 1. The summed E-state index contributed by atoms with van der Waals surface area (Å²) in [5.74, 6) is 9.39. The molecule has 3 aliphatic rings. The molecule has 1 heterocycles. The SMILES string of the molecule is NNC(CC1CC2CCC1C2)C1CCOC1. The number of ether oxygens (including phenoxy) is 1. The van der Waals surface area contributed by atoms with E-state index in [2.05, 4.69) is 5.43 Å². The number of hydrogen-bond donors (Lipinski definition) is 2. The molecule has 0 spiro atoms. The molecule has 5 atom stereocenters. The minimum atomic E-state index is 0.492. The van der Waals surface area contributed by atoms with E-state index in [-0.39, 0.29) is 0 Å². The Hall–Kier alpha value is -0.120. The lowest BCUT2D eigenvalue weighted by Crippen LogP contribution is -2.43. The molecule has 92 valence electrons. The Morgan fingerprint density at radius 2 is 2.19 bits per heavy atom. The fourth-order valence-corrected chi connectivity index (χ4v) is 4.26. The van der Waals surface area contributed by atoms with Crippen molar-refractivity contribution in [2.45, 2.75) is 44.6 Å². The van der Waals surface area contributed by atoms with Crippen molar-refractivity contribution < 1.29 is 4.74 Å². The summed E-state index contributed by atoms with van der Waals surface area (Å²) >= 11 is 0. The Morgan fingerprint density at radius 3 is 2.75 bits per heavy atom. The van der Waals surface area contributed by atoms with Crippen LogP contribution in [0.4, 0.5) is 0 Å². The maximum absolute atomic E-state index is 5.72. The van der Waals surface area contributed by atoms with Crippen LogP contribution in [0.15, 0.2) is 0 Å². The lowest BCUT2D eigenvalue weighted by atomic mass is 9.81. The zero-order valence-electron chi connectivity index (χ0n) is 10.0. The first-order valence-electron chi connectivity index (χ1n) is 6.90. The first kappa shape index (κ1) is 11.0. The van der Waals surface area contributed by atoms with Crippen molar-refractivity contribution in [1.82, 2.24) is 5.43 Å². The average Bonchev–Trinajstić information content (AvgIpc) is 3.01. The number of nitrogens with one attached hydrogen (secondary N) is 1. The fourth-order valence-electron chi connectivity index (χ4n) is 4.26. The first-order chi connectivity index (χ1) is 7.86. The molecule has 3 N–H and O–H groups in total. The van der Waals surface area contributed by atoms with E-state index in [9.17, 15) is 0 Å². The Labute approximate surface area is 98.1 Å². The van der Waals surface area contributed by atoms with E-state index in [1.807, 2.05) is 0 Å². The summed E-state index contributed by atoms with van der Waals surface area (Å²) in [6.07, 6.45) is 8.42. The van der Waals surface area contributed by atoms with E-state index in [1.165, 1.54) is 38.5 Å². The quantitative estimate of drug-likeness (QED) is 0.564. The van der Waals surface area contributed by atoms with Gasteiger partial charge in [-0.2, -0.15) is 0 Å². The molecule has 2 saturated carbocycles. The van der Waals surface area contributed by atoms with Gasteiger partial charge in [0.2, 0.25) is 0 Å². The van der Waals surface area contributed by atoms with Gasteiger partial charge in [0.15, 0.2) is 0 Å². The van der Waals surface area contributed by atoms with Crippen LogP contribution >= 0.6 is 0 Å². The summed E-state index contributed by atoms with van der Waals surface area (Å²) in [7, 11) is 0. The van der Waals surface area contributed by atoms with E-state index in [0.717, 1.165) is 31.0 Å². The topological polar surface area (TPSA) is 47.3 Å². The van der Waals surface area contributed by atoms with Gasteiger partial charge in [0.05, 0.1) is 6.61 Å². The average molecular weight is 224 g/mol. The van der Waals surface area contributed by atoms with E-state index in [0.29, 0.717) is 12.0 Å². The van der Waals surface area contributed by atoms with Crippen molar-refractivity contribution in [2.75, 3.05) is 13.2 Å². The van der Waals surface area contributed by atoms with Gasteiger partial charge in [-0.25, -0.2) is 0 Å². The largest absolute Gasteiger partial charge is 0.381 e. The third-order valence-corrected chi connectivity index (χ3v) is 5.19. The molecule has 1 saturated heterocycles. The Kier molecular flexibility index (Phi) is 3.18. The van der Waals surface area contributed by atoms with Crippen LogP contribution in [0.3, 0.4) is 0 Å². The molecule has 3 nitrogen and oxygen atoms in total. The number of rotatable bonds is 4. The summed E-state index contributed by atoms with van der Waals surface area (Å²) in [6.45, 7) is 1.84. The molecular formula is C13H24N2O. The van der Waals surface area contributed by atoms with Crippen LogP contribution in [0.1, 0.15) is 38.5 Å². The van der Waals surface area contributed by atoms with Gasteiger partial charge in [-0.15, -0.1) is 0 Å². The predicted molar refractivity (Wildman–Crippen MR) is 63.6 cm³/mol. The van der Waals surface area contributed by atoms with Crippen LogP contribution in [0.2, 0.25) is 0 Å².